The van der Waals surface area contributed by atoms with Crippen molar-refractivity contribution in [1.82, 2.24) is 24.9 Å². The van der Waals surface area contributed by atoms with E-state index in [4.69, 9.17) is 4.74 Å². The lowest BCUT2D eigenvalue weighted by atomic mass is 9.52. The van der Waals surface area contributed by atoms with Gasteiger partial charge in [-0.15, -0.1) is 0 Å². The Kier molecular flexibility index (Phi) is 7.77. The quantitative estimate of drug-likeness (QED) is 0.186. The number of aliphatic hydroxyl groups is 1. The Morgan fingerprint density at radius 2 is 1.92 bits per heavy atom. The third kappa shape index (κ3) is 4.80. The summed E-state index contributed by atoms with van der Waals surface area (Å²) in [5.41, 5.74) is 9.53. The molecule has 6 atom stereocenters. The highest BCUT2D eigenvalue weighted by atomic mass is 16.5. The Balaban J connectivity index is 1.19. The van der Waals surface area contributed by atoms with Gasteiger partial charge in [0.05, 0.1) is 0 Å². The third-order valence-electron chi connectivity index (χ3n) is 13.4. The van der Waals surface area contributed by atoms with E-state index in [-0.39, 0.29) is 41.6 Å². The number of benzene rings is 1. The van der Waals surface area contributed by atoms with Gasteiger partial charge in [-0.2, -0.15) is 0 Å². The van der Waals surface area contributed by atoms with Crippen LogP contribution in [-0.2, 0) is 18.4 Å². The number of hydrogen-bond acceptors (Lipinski definition) is 7. The van der Waals surface area contributed by atoms with Gasteiger partial charge in [0.15, 0.2) is 11.5 Å². The number of aromatic hydroxyl groups is 1. The van der Waals surface area contributed by atoms with E-state index in [9.17, 15) is 19.8 Å². The molecule has 4 aromatic rings. The Bertz CT molecular complexity index is 2230. The number of phenolic OH excluding ortho intramolecular Hbond substituents is 1. The molecule has 1 amide bonds. The summed E-state index contributed by atoms with van der Waals surface area (Å²) in [6, 6.07) is 8.26. The molecule has 10 nitrogen and oxygen atoms in total. The molecule has 9 rings (SSSR count). The second-order valence-corrected chi connectivity index (χ2v) is 16.2. The van der Waals surface area contributed by atoms with E-state index in [1.807, 2.05) is 45.0 Å². The number of piperidine rings is 2. The van der Waals surface area contributed by atoms with Crippen LogP contribution in [0.3, 0.4) is 0 Å². The highest BCUT2D eigenvalue weighted by Gasteiger charge is 2.64. The molecule has 6 heterocycles. The van der Waals surface area contributed by atoms with Gasteiger partial charge >= 0.3 is 0 Å². The van der Waals surface area contributed by atoms with Crippen LogP contribution >= 0.6 is 0 Å². The molecule has 1 unspecified atom stereocenters. The number of aromatic nitrogens is 2. The van der Waals surface area contributed by atoms with Crippen LogP contribution in [0.25, 0.3) is 5.52 Å². The molecule has 272 valence electrons. The number of likely N-dealkylation sites (N-methyl/N-ethyl adjacent to an activating group) is 1. The minimum Gasteiger partial charge on any atom is -0.504 e. The molecule has 0 radical (unpaired) electrons. The van der Waals surface area contributed by atoms with Crippen molar-refractivity contribution < 1.29 is 19.7 Å². The molecule has 2 aliphatic carbocycles. The number of aromatic amines is 1. The topological polar surface area (TPSA) is 131 Å². The first-order valence-corrected chi connectivity index (χ1v) is 18.9. The third-order valence-corrected chi connectivity index (χ3v) is 13.4. The van der Waals surface area contributed by atoms with Crippen molar-refractivity contribution in [3.63, 3.8) is 0 Å². The number of carbonyl (C=O) groups is 1. The Morgan fingerprint density at radius 3 is 2.69 bits per heavy atom. The maximum absolute atomic E-state index is 14.2. The van der Waals surface area contributed by atoms with Crippen molar-refractivity contribution in [2.75, 3.05) is 26.7 Å². The van der Waals surface area contributed by atoms with E-state index >= 15 is 0 Å². The molecule has 1 spiro atoms. The van der Waals surface area contributed by atoms with Gasteiger partial charge in [-0.25, -0.2) is 0 Å². The number of hydrogen-bond donors (Lipinski definition) is 5. The Hall–Kier alpha value is -4.38. The fourth-order valence-corrected chi connectivity index (χ4v) is 10.8. The SMILES string of the molecule is Cc1cc(C)c(CNC(=O)c2cc3cc(C4CCNCC4)cn3c(C(C)c3cc(O)c4c5c3C[C@@H]3[C@@H]6C=C[C@H](O)[C@H](O4)[C@]56CCN3C)c2C)c(=O)[nH]1. The number of aryl methyl sites for hydroxylation is 2. The van der Waals surface area contributed by atoms with E-state index in [0.29, 0.717) is 22.8 Å². The Labute approximate surface area is 303 Å². The summed E-state index contributed by atoms with van der Waals surface area (Å²) in [7, 11) is 2.19. The number of likely N-dealkylation sites (tertiary alicyclic amines) is 1. The van der Waals surface area contributed by atoms with Crippen LogP contribution in [0.15, 0.2) is 47.4 Å². The number of nitrogens with one attached hydrogen (secondary N) is 3. The predicted molar refractivity (Wildman–Crippen MR) is 200 cm³/mol. The average molecular weight is 704 g/mol. The van der Waals surface area contributed by atoms with Crippen LogP contribution in [0.5, 0.6) is 11.5 Å². The monoisotopic (exact) mass is 703 g/mol. The van der Waals surface area contributed by atoms with E-state index in [2.05, 4.69) is 57.2 Å². The van der Waals surface area contributed by atoms with Crippen LogP contribution in [0.4, 0.5) is 0 Å². The van der Waals surface area contributed by atoms with Gasteiger partial charge < -0.3 is 39.9 Å². The average Bonchev–Trinajstić information content (AvgIpc) is 3.71. The number of ether oxygens (including phenoxy) is 1. The van der Waals surface area contributed by atoms with Gasteiger partial charge in [-0.1, -0.05) is 19.1 Å². The number of pyridine rings is 2. The molecule has 2 fully saturated rings. The summed E-state index contributed by atoms with van der Waals surface area (Å²) in [5.74, 6) is 0.815. The molecule has 5 N–H and O–H groups in total. The molecule has 2 bridgehead atoms. The normalized spacial score (nSPS) is 27.0. The van der Waals surface area contributed by atoms with Gasteiger partial charge in [0, 0.05) is 69.6 Å². The zero-order valence-electron chi connectivity index (χ0n) is 30.7. The fraction of sp³-hybridized carbons (Fsp3) is 0.476. The molecular formula is C42H49N5O5. The summed E-state index contributed by atoms with van der Waals surface area (Å²) in [6.07, 6.45) is 8.92. The molecule has 5 aliphatic rings. The van der Waals surface area contributed by atoms with E-state index in [1.165, 1.54) is 11.1 Å². The second-order valence-electron chi connectivity index (χ2n) is 16.2. The van der Waals surface area contributed by atoms with Crippen molar-refractivity contribution in [3.05, 3.63) is 109 Å². The minimum absolute atomic E-state index is 0.108. The highest BCUT2D eigenvalue weighted by Crippen LogP contribution is 2.63. The highest BCUT2D eigenvalue weighted by molar-refractivity contribution is 5.97. The smallest absolute Gasteiger partial charge is 0.253 e. The van der Waals surface area contributed by atoms with Crippen LogP contribution < -0.4 is 20.9 Å². The van der Waals surface area contributed by atoms with Crippen molar-refractivity contribution in [1.29, 1.82) is 0 Å². The zero-order chi connectivity index (χ0) is 36.2. The maximum Gasteiger partial charge on any atom is 0.253 e. The van der Waals surface area contributed by atoms with Crippen molar-refractivity contribution >= 4 is 11.4 Å². The number of H-pyrrole nitrogens is 1. The largest absolute Gasteiger partial charge is 0.504 e. The number of phenols is 1. The summed E-state index contributed by atoms with van der Waals surface area (Å²) in [6.45, 7) is 10.9. The lowest BCUT2D eigenvalue weighted by molar-refractivity contribution is -0.0454. The predicted octanol–water partition coefficient (Wildman–Crippen LogP) is 4.61. The van der Waals surface area contributed by atoms with Crippen molar-refractivity contribution in [2.45, 2.75) is 95.4 Å². The standard InChI is InChI=1S/C42H49N5O5/c1-21-14-22(2)45-41(51)31(21)19-44-40(50)29-16-27-15-26(25-8-11-43-12-9-25)20-47(27)37(24(29)4)23(3)28-18-35(49)38-36-30(28)17-33-32-6-7-34(48)39(52-38)42(32,36)10-13-46(33)5/h6-7,14-16,18,20,23,25,32-34,39,43,48-49H,8-13,17,19H2,1-5H3,(H,44,50)(H,45,51)/t23?,32-,33+,34-,39-,42-/m0/s1. The lowest BCUT2D eigenvalue weighted by Gasteiger charge is -2.56. The minimum atomic E-state index is -0.747. The van der Waals surface area contributed by atoms with Crippen molar-refractivity contribution in [3.8, 4) is 11.5 Å². The number of amides is 1. The van der Waals surface area contributed by atoms with Gasteiger partial charge in [0.2, 0.25) is 0 Å². The molecule has 2 saturated heterocycles. The molecule has 0 saturated carbocycles. The lowest BCUT2D eigenvalue weighted by Crippen LogP contribution is -2.64. The number of nitrogens with zero attached hydrogens (tertiary/aromatic N) is 2. The summed E-state index contributed by atoms with van der Waals surface area (Å²) in [5, 5.41) is 29.5. The van der Waals surface area contributed by atoms with Crippen LogP contribution in [0.2, 0.25) is 0 Å². The molecule has 3 aromatic heterocycles. The molecule has 52 heavy (non-hydrogen) atoms. The number of carbonyl (C=O) groups excluding carboxylic acids is 1. The molecule has 3 aliphatic heterocycles. The zero-order valence-corrected chi connectivity index (χ0v) is 30.7. The number of rotatable bonds is 6. The Morgan fingerprint density at radius 1 is 1.13 bits per heavy atom. The summed E-state index contributed by atoms with van der Waals surface area (Å²) in [4.78, 5) is 32.3. The summed E-state index contributed by atoms with van der Waals surface area (Å²) >= 11 is 0. The van der Waals surface area contributed by atoms with Crippen LogP contribution in [-0.4, -0.2) is 75.3 Å². The summed E-state index contributed by atoms with van der Waals surface area (Å²) < 4.78 is 8.81. The first-order chi connectivity index (χ1) is 25.0. The first kappa shape index (κ1) is 33.5. The van der Waals surface area contributed by atoms with Gasteiger partial charge in [0.1, 0.15) is 12.2 Å². The number of fused-ring (bicyclic) bond motifs is 1. The van der Waals surface area contributed by atoms with E-state index < -0.39 is 17.6 Å². The maximum atomic E-state index is 14.2. The number of aliphatic hydroxyl groups excluding tert-OH is 1. The van der Waals surface area contributed by atoms with Gasteiger partial charge in [-0.3, -0.25) is 9.59 Å². The molecular weight excluding hydrogens is 654 g/mol. The van der Waals surface area contributed by atoms with Crippen molar-refractivity contribution in [2.24, 2.45) is 5.92 Å². The van der Waals surface area contributed by atoms with Gasteiger partial charge in [-0.05, 0) is 131 Å². The molecule has 10 heteroatoms. The second kappa shape index (κ2) is 12.1. The molecule has 1 aromatic carbocycles. The van der Waals surface area contributed by atoms with E-state index in [1.54, 1.807) is 0 Å². The van der Waals surface area contributed by atoms with Crippen LogP contribution in [0, 0.1) is 26.7 Å². The first-order valence-electron chi connectivity index (χ1n) is 18.9. The fourth-order valence-electron chi connectivity index (χ4n) is 10.8. The van der Waals surface area contributed by atoms with Crippen LogP contribution in [0.1, 0.15) is 98.7 Å². The van der Waals surface area contributed by atoms with Gasteiger partial charge in [0.25, 0.3) is 11.5 Å². The van der Waals surface area contributed by atoms with E-state index in [0.717, 1.165) is 84.5 Å².